The molecule has 4 nitrogen and oxygen atoms in total. The molecule has 2 aromatic rings. The van der Waals surface area contributed by atoms with E-state index in [0.717, 1.165) is 38.1 Å². The van der Waals surface area contributed by atoms with Crippen LogP contribution in [0.1, 0.15) is 36.7 Å². The van der Waals surface area contributed by atoms with E-state index in [1.807, 2.05) is 4.68 Å². The van der Waals surface area contributed by atoms with Gasteiger partial charge in [0.1, 0.15) is 12.2 Å². The molecule has 2 unspecified atom stereocenters. The molecule has 2 N–H and O–H groups in total. The molecule has 112 valence electrons. The van der Waals surface area contributed by atoms with Gasteiger partial charge < -0.3 is 5.73 Å². The second kappa shape index (κ2) is 6.39. The number of nitrogens with zero attached hydrogens (tertiary/aromatic N) is 3. The van der Waals surface area contributed by atoms with Crippen LogP contribution < -0.4 is 5.73 Å². The molecule has 0 aliphatic heterocycles. The van der Waals surface area contributed by atoms with Gasteiger partial charge in [0.15, 0.2) is 0 Å². The predicted octanol–water partition coefficient (Wildman–Crippen LogP) is 2.36. The number of fused-ring (bicyclic) bond motifs is 1. The largest absolute Gasteiger partial charge is 0.327 e. The number of aromatic nitrogens is 3. The van der Waals surface area contributed by atoms with Crippen LogP contribution in [0.2, 0.25) is 0 Å². The lowest BCUT2D eigenvalue weighted by molar-refractivity contribution is 0.363. The highest BCUT2D eigenvalue weighted by molar-refractivity contribution is 5.30. The summed E-state index contributed by atoms with van der Waals surface area (Å²) in [6.45, 7) is 3.08. The minimum atomic E-state index is 0.165. The smallest absolute Gasteiger partial charge is 0.138 e. The highest BCUT2D eigenvalue weighted by atomic mass is 15.3. The molecule has 21 heavy (non-hydrogen) atoms. The van der Waals surface area contributed by atoms with Crippen LogP contribution in [0.25, 0.3) is 0 Å². The number of benzene rings is 1. The quantitative estimate of drug-likeness (QED) is 0.917. The van der Waals surface area contributed by atoms with Crippen LogP contribution in [-0.2, 0) is 25.8 Å². The SMILES string of the molecule is CCCn1ncnc1CC(N)C1CCc2ccccc2C1. The zero-order valence-electron chi connectivity index (χ0n) is 12.7. The molecule has 0 amide bonds. The Bertz CT molecular complexity index is 590. The molecule has 4 heteroatoms. The molecule has 0 radical (unpaired) electrons. The van der Waals surface area contributed by atoms with Crippen LogP contribution in [-0.4, -0.2) is 20.8 Å². The Balaban J connectivity index is 1.66. The van der Waals surface area contributed by atoms with Gasteiger partial charge in [-0.1, -0.05) is 31.2 Å². The van der Waals surface area contributed by atoms with E-state index in [-0.39, 0.29) is 6.04 Å². The van der Waals surface area contributed by atoms with Crippen molar-refractivity contribution in [2.45, 2.75) is 51.6 Å². The highest BCUT2D eigenvalue weighted by Gasteiger charge is 2.25. The zero-order chi connectivity index (χ0) is 14.7. The summed E-state index contributed by atoms with van der Waals surface area (Å²) in [6, 6.07) is 8.91. The maximum Gasteiger partial charge on any atom is 0.138 e. The molecule has 0 fully saturated rings. The van der Waals surface area contributed by atoms with E-state index in [1.54, 1.807) is 6.33 Å². The number of nitrogens with two attached hydrogens (primary N) is 1. The van der Waals surface area contributed by atoms with Crippen molar-refractivity contribution in [1.29, 1.82) is 0 Å². The summed E-state index contributed by atoms with van der Waals surface area (Å²) in [5.74, 6) is 1.58. The van der Waals surface area contributed by atoms with Gasteiger partial charge in [0.2, 0.25) is 0 Å². The fourth-order valence-corrected chi connectivity index (χ4v) is 3.31. The normalized spacial score (nSPS) is 19.2. The lowest BCUT2D eigenvalue weighted by atomic mass is 9.79. The van der Waals surface area contributed by atoms with E-state index in [9.17, 15) is 0 Å². The predicted molar refractivity (Wildman–Crippen MR) is 83.9 cm³/mol. The molecule has 0 saturated carbocycles. The van der Waals surface area contributed by atoms with Crippen molar-refractivity contribution in [3.63, 3.8) is 0 Å². The van der Waals surface area contributed by atoms with Gasteiger partial charge in [-0.2, -0.15) is 5.10 Å². The van der Waals surface area contributed by atoms with Gasteiger partial charge in [-0.05, 0) is 42.7 Å². The van der Waals surface area contributed by atoms with Crippen molar-refractivity contribution in [3.8, 4) is 0 Å². The first-order valence-electron chi connectivity index (χ1n) is 7.97. The van der Waals surface area contributed by atoms with Crippen LogP contribution in [0.15, 0.2) is 30.6 Å². The van der Waals surface area contributed by atoms with Crippen molar-refractivity contribution in [1.82, 2.24) is 14.8 Å². The molecule has 0 saturated heterocycles. The van der Waals surface area contributed by atoms with Gasteiger partial charge in [-0.15, -0.1) is 0 Å². The Labute approximate surface area is 126 Å². The Kier molecular flexibility index (Phi) is 4.34. The first-order chi connectivity index (χ1) is 10.3. The molecule has 1 aromatic carbocycles. The van der Waals surface area contributed by atoms with E-state index in [1.165, 1.54) is 17.5 Å². The van der Waals surface area contributed by atoms with E-state index in [0.29, 0.717) is 5.92 Å². The summed E-state index contributed by atoms with van der Waals surface area (Å²) < 4.78 is 2.00. The van der Waals surface area contributed by atoms with Gasteiger partial charge in [0.05, 0.1) is 0 Å². The van der Waals surface area contributed by atoms with Gasteiger partial charge in [0.25, 0.3) is 0 Å². The number of aryl methyl sites for hydroxylation is 2. The summed E-state index contributed by atoms with van der Waals surface area (Å²) in [5.41, 5.74) is 9.45. The lowest BCUT2D eigenvalue weighted by Crippen LogP contribution is -2.36. The molecular formula is C17H24N4. The fraction of sp³-hybridized carbons (Fsp3) is 0.529. The van der Waals surface area contributed by atoms with Crippen LogP contribution in [0.4, 0.5) is 0 Å². The molecule has 1 heterocycles. The molecule has 0 bridgehead atoms. The lowest BCUT2D eigenvalue weighted by Gasteiger charge is -2.29. The van der Waals surface area contributed by atoms with Gasteiger partial charge in [-0.3, -0.25) is 4.68 Å². The summed E-state index contributed by atoms with van der Waals surface area (Å²) >= 11 is 0. The third kappa shape index (κ3) is 3.16. The first-order valence-corrected chi connectivity index (χ1v) is 7.97. The van der Waals surface area contributed by atoms with E-state index >= 15 is 0 Å². The van der Waals surface area contributed by atoms with Crippen molar-refractivity contribution in [3.05, 3.63) is 47.5 Å². The van der Waals surface area contributed by atoms with E-state index in [4.69, 9.17) is 5.73 Å². The Morgan fingerprint density at radius 3 is 2.95 bits per heavy atom. The van der Waals surface area contributed by atoms with Crippen molar-refractivity contribution in [2.75, 3.05) is 0 Å². The van der Waals surface area contributed by atoms with Gasteiger partial charge in [0, 0.05) is 19.0 Å². The Morgan fingerprint density at radius 1 is 1.33 bits per heavy atom. The molecular weight excluding hydrogens is 260 g/mol. The summed E-state index contributed by atoms with van der Waals surface area (Å²) in [4.78, 5) is 4.39. The number of hydrogen-bond donors (Lipinski definition) is 1. The summed E-state index contributed by atoms with van der Waals surface area (Å²) in [7, 11) is 0. The highest BCUT2D eigenvalue weighted by Crippen LogP contribution is 2.27. The fourth-order valence-electron chi connectivity index (χ4n) is 3.31. The zero-order valence-corrected chi connectivity index (χ0v) is 12.7. The van der Waals surface area contributed by atoms with Crippen LogP contribution in [0, 0.1) is 5.92 Å². The second-order valence-electron chi connectivity index (χ2n) is 6.04. The third-order valence-corrected chi connectivity index (χ3v) is 4.54. The van der Waals surface area contributed by atoms with E-state index < -0.39 is 0 Å². The minimum Gasteiger partial charge on any atom is -0.327 e. The summed E-state index contributed by atoms with van der Waals surface area (Å²) in [6.07, 6.45) is 6.97. The maximum atomic E-state index is 6.48. The molecule has 0 spiro atoms. The molecule has 1 aliphatic rings. The van der Waals surface area contributed by atoms with Crippen LogP contribution >= 0.6 is 0 Å². The number of rotatable bonds is 5. The first kappa shape index (κ1) is 14.3. The van der Waals surface area contributed by atoms with Crippen LogP contribution in [0.3, 0.4) is 0 Å². The van der Waals surface area contributed by atoms with Crippen molar-refractivity contribution < 1.29 is 0 Å². The third-order valence-electron chi connectivity index (χ3n) is 4.54. The second-order valence-corrected chi connectivity index (χ2v) is 6.04. The topological polar surface area (TPSA) is 56.7 Å². The van der Waals surface area contributed by atoms with Crippen molar-refractivity contribution >= 4 is 0 Å². The molecule has 1 aromatic heterocycles. The molecule has 1 aliphatic carbocycles. The average molecular weight is 284 g/mol. The van der Waals surface area contributed by atoms with Crippen LogP contribution in [0.5, 0.6) is 0 Å². The molecule has 2 atom stereocenters. The average Bonchev–Trinajstić information content (AvgIpc) is 2.94. The maximum absolute atomic E-state index is 6.48. The standard InChI is InChI=1S/C17H24N4/c1-2-9-21-17(19-12-20-21)11-16(18)15-8-7-13-5-3-4-6-14(13)10-15/h3-6,12,15-16H,2,7-11,18H2,1H3. The van der Waals surface area contributed by atoms with E-state index in [2.05, 4.69) is 41.3 Å². The van der Waals surface area contributed by atoms with Gasteiger partial charge >= 0.3 is 0 Å². The van der Waals surface area contributed by atoms with Gasteiger partial charge in [-0.25, -0.2) is 4.98 Å². The monoisotopic (exact) mass is 284 g/mol. The van der Waals surface area contributed by atoms with Crippen molar-refractivity contribution in [2.24, 2.45) is 11.7 Å². The Hall–Kier alpha value is -1.68. The minimum absolute atomic E-state index is 0.165. The Morgan fingerprint density at radius 2 is 2.14 bits per heavy atom. The summed E-state index contributed by atoms with van der Waals surface area (Å²) in [5, 5.41) is 4.29. The molecule has 3 rings (SSSR count). The number of hydrogen-bond acceptors (Lipinski definition) is 3.